The Morgan fingerprint density at radius 3 is 2.38 bits per heavy atom. The average Bonchev–Trinajstić information content (AvgIpc) is 2.97. The van der Waals surface area contributed by atoms with Crippen LogP contribution in [0.3, 0.4) is 0 Å². The van der Waals surface area contributed by atoms with Crippen LogP contribution in [0.1, 0.15) is 56.5 Å². The van der Waals surface area contributed by atoms with Crippen LogP contribution in [0, 0.1) is 0 Å². The number of amides is 1. The molecule has 0 aliphatic carbocycles. The van der Waals surface area contributed by atoms with Gasteiger partial charge in [0.15, 0.2) is 0 Å². The Hall–Kier alpha value is -2.40. The third kappa shape index (κ3) is 4.82. The number of anilines is 1. The van der Waals surface area contributed by atoms with Gasteiger partial charge in [-0.2, -0.15) is 0 Å². The number of benzene rings is 1. The van der Waals surface area contributed by atoms with E-state index in [1.54, 1.807) is 6.92 Å². The van der Waals surface area contributed by atoms with Gasteiger partial charge in [-0.25, -0.2) is 4.79 Å². The first kappa shape index (κ1) is 19.9. The number of thiophene rings is 1. The van der Waals surface area contributed by atoms with Crippen molar-refractivity contribution >= 4 is 28.2 Å². The van der Waals surface area contributed by atoms with E-state index in [2.05, 4.69) is 31.3 Å². The molecule has 1 heterocycles. The van der Waals surface area contributed by atoms with Crippen LogP contribution in [-0.2, 0) is 9.53 Å². The summed E-state index contributed by atoms with van der Waals surface area (Å²) in [6, 6.07) is 8.13. The third-order valence-electron chi connectivity index (χ3n) is 3.82. The van der Waals surface area contributed by atoms with E-state index >= 15 is 0 Å². The van der Waals surface area contributed by atoms with Gasteiger partial charge in [-0.05, 0) is 37.8 Å². The molecule has 5 heteroatoms. The monoisotopic (exact) mass is 371 g/mol. The van der Waals surface area contributed by atoms with Crippen molar-refractivity contribution in [2.75, 3.05) is 11.9 Å². The van der Waals surface area contributed by atoms with Gasteiger partial charge in [0, 0.05) is 17.0 Å². The number of esters is 1. The normalized spacial score (nSPS) is 10.5. The molecule has 138 valence electrons. The topological polar surface area (TPSA) is 55.4 Å². The molecule has 4 nitrogen and oxygen atoms in total. The van der Waals surface area contributed by atoms with E-state index < -0.39 is 5.97 Å². The summed E-state index contributed by atoms with van der Waals surface area (Å²) in [5.41, 5.74) is 4.23. The zero-order chi connectivity index (χ0) is 19.3. The molecule has 1 aromatic heterocycles. The number of hydrogen-bond acceptors (Lipinski definition) is 4. The highest BCUT2D eigenvalue weighted by Gasteiger charge is 2.22. The molecular formula is C21H25NO3S. The number of allylic oxidation sites excluding steroid dienone is 1. The Morgan fingerprint density at radius 2 is 1.85 bits per heavy atom. The Labute approximate surface area is 158 Å². The van der Waals surface area contributed by atoms with Gasteiger partial charge in [-0.1, -0.05) is 43.7 Å². The number of rotatable bonds is 6. The first-order valence-corrected chi connectivity index (χ1v) is 9.56. The highest BCUT2D eigenvalue weighted by Crippen LogP contribution is 2.36. The Bertz CT molecular complexity index is 812. The van der Waals surface area contributed by atoms with Crippen LogP contribution in [0.15, 0.2) is 41.3 Å². The predicted molar refractivity (Wildman–Crippen MR) is 108 cm³/mol. The lowest BCUT2D eigenvalue weighted by Gasteiger charge is -2.09. The quantitative estimate of drug-likeness (QED) is 0.529. The molecular weight excluding hydrogens is 346 g/mol. The second-order valence-electron chi connectivity index (χ2n) is 6.56. The maximum atomic E-state index is 12.5. The summed E-state index contributed by atoms with van der Waals surface area (Å²) in [5.74, 6) is -0.238. The molecule has 1 N–H and O–H groups in total. The zero-order valence-corrected chi connectivity index (χ0v) is 16.7. The second-order valence-corrected chi connectivity index (χ2v) is 7.44. The van der Waals surface area contributed by atoms with E-state index in [4.69, 9.17) is 4.74 Å². The molecule has 0 unspecified atom stereocenters. The maximum Gasteiger partial charge on any atom is 0.341 e. The largest absolute Gasteiger partial charge is 0.462 e. The van der Waals surface area contributed by atoms with Gasteiger partial charge in [0.2, 0.25) is 5.91 Å². The molecule has 2 aromatic rings. The molecule has 1 aromatic carbocycles. The van der Waals surface area contributed by atoms with E-state index in [1.807, 2.05) is 31.4 Å². The maximum absolute atomic E-state index is 12.5. The fraction of sp³-hybridized carbons (Fsp3) is 0.333. The second kappa shape index (κ2) is 8.81. The van der Waals surface area contributed by atoms with E-state index in [-0.39, 0.29) is 12.5 Å². The van der Waals surface area contributed by atoms with E-state index in [1.165, 1.54) is 23.0 Å². The van der Waals surface area contributed by atoms with Gasteiger partial charge in [0.25, 0.3) is 0 Å². The van der Waals surface area contributed by atoms with Gasteiger partial charge in [0.1, 0.15) is 10.6 Å². The molecule has 0 saturated carbocycles. The molecule has 0 spiro atoms. The predicted octanol–water partition coefficient (Wildman–Crippen LogP) is 5.62. The average molecular weight is 372 g/mol. The Morgan fingerprint density at radius 1 is 1.19 bits per heavy atom. The summed E-state index contributed by atoms with van der Waals surface area (Å²) in [4.78, 5) is 24.6. The van der Waals surface area contributed by atoms with Gasteiger partial charge in [-0.15, -0.1) is 11.3 Å². The minimum Gasteiger partial charge on any atom is -0.462 e. The molecule has 0 bridgehead atoms. The summed E-state index contributed by atoms with van der Waals surface area (Å²) < 4.78 is 5.21. The SMILES string of the molecule is CCOC(=O)c1c(-c2ccc(C(C)C)cc2)csc1NC(=O)C=C(C)C. The fourth-order valence-corrected chi connectivity index (χ4v) is 3.49. The molecule has 26 heavy (non-hydrogen) atoms. The van der Waals surface area contributed by atoms with Crippen LogP contribution < -0.4 is 5.32 Å². The summed E-state index contributed by atoms with van der Waals surface area (Å²) in [6.07, 6.45) is 1.51. The molecule has 0 aliphatic rings. The minimum absolute atomic E-state index is 0.251. The van der Waals surface area contributed by atoms with Crippen LogP contribution >= 0.6 is 11.3 Å². The lowest BCUT2D eigenvalue weighted by Crippen LogP contribution is -2.12. The number of ether oxygens (including phenoxy) is 1. The molecule has 1 amide bonds. The highest BCUT2D eigenvalue weighted by molar-refractivity contribution is 7.15. The Balaban J connectivity index is 2.44. The van der Waals surface area contributed by atoms with Crippen molar-refractivity contribution < 1.29 is 14.3 Å². The van der Waals surface area contributed by atoms with Gasteiger partial charge < -0.3 is 10.1 Å². The van der Waals surface area contributed by atoms with E-state index in [0.717, 1.165) is 16.7 Å². The third-order valence-corrected chi connectivity index (χ3v) is 4.71. The number of carbonyl (C=O) groups is 2. The van der Waals surface area contributed by atoms with Crippen molar-refractivity contribution in [3.8, 4) is 11.1 Å². The minimum atomic E-state index is -0.427. The van der Waals surface area contributed by atoms with Crippen molar-refractivity contribution in [2.45, 2.75) is 40.5 Å². The number of carbonyl (C=O) groups excluding carboxylic acids is 2. The molecule has 0 aliphatic heterocycles. The fourth-order valence-electron chi connectivity index (χ4n) is 2.53. The van der Waals surface area contributed by atoms with Crippen LogP contribution in [0.5, 0.6) is 0 Å². The highest BCUT2D eigenvalue weighted by atomic mass is 32.1. The molecule has 0 radical (unpaired) electrons. The number of nitrogens with one attached hydrogen (secondary N) is 1. The van der Waals surface area contributed by atoms with Crippen LogP contribution in [0.2, 0.25) is 0 Å². The molecule has 0 atom stereocenters. The number of hydrogen-bond donors (Lipinski definition) is 1. The van der Waals surface area contributed by atoms with Crippen molar-refractivity contribution in [3.63, 3.8) is 0 Å². The standard InChI is InChI=1S/C21H25NO3S/c1-6-25-21(24)19-17(16-9-7-15(8-10-16)14(4)5)12-26-20(19)22-18(23)11-13(2)3/h7-12,14H,6H2,1-5H3,(H,22,23). The van der Waals surface area contributed by atoms with E-state index in [9.17, 15) is 9.59 Å². The van der Waals surface area contributed by atoms with Crippen molar-refractivity contribution in [3.05, 3.63) is 52.4 Å². The molecule has 0 saturated heterocycles. The summed E-state index contributed by atoms with van der Waals surface area (Å²) in [7, 11) is 0. The first-order chi connectivity index (χ1) is 12.3. The smallest absolute Gasteiger partial charge is 0.341 e. The van der Waals surface area contributed by atoms with Crippen molar-refractivity contribution in [2.24, 2.45) is 0 Å². The van der Waals surface area contributed by atoms with Gasteiger partial charge in [0.05, 0.1) is 6.61 Å². The van der Waals surface area contributed by atoms with Gasteiger partial charge >= 0.3 is 5.97 Å². The van der Waals surface area contributed by atoms with Gasteiger partial charge in [-0.3, -0.25) is 4.79 Å². The van der Waals surface area contributed by atoms with Crippen molar-refractivity contribution in [1.82, 2.24) is 0 Å². The van der Waals surface area contributed by atoms with Crippen LogP contribution in [0.25, 0.3) is 11.1 Å². The van der Waals surface area contributed by atoms with E-state index in [0.29, 0.717) is 16.5 Å². The Kier molecular flexibility index (Phi) is 6.75. The lowest BCUT2D eigenvalue weighted by molar-refractivity contribution is -0.111. The summed E-state index contributed by atoms with van der Waals surface area (Å²) >= 11 is 1.33. The first-order valence-electron chi connectivity index (χ1n) is 8.68. The summed E-state index contributed by atoms with van der Waals surface area (Å²) in [6.45, 7) is 10.0. The molecule has 2 rings (SSSR count). The van der Waals surface area contributed by atoms with Crippen LogP contribution in [0.4, 0.5) is 5.00 Å². The lowest BCUT2D eigenvalue weighted by atomic mass is 9.98. The van der Waals surface area contributed by atoms with Crippen LogP contribution in [-0.4, -0.2) is 18.5 Å². The van der Waals surface area contributed by atoms with Crippen molar-refractivity contribution in [1.29, 1.82) is 0 Å². The zero-order valence-electron chi connectivity index (χ0n) is 15.9. The summed E-state index contributed by atoms with van der Waals surface area (Å²) in [5, 5.41) is 5.20. The molecule has 0 fully saturated rings.